The molecule has 0 saturated heterocycles. The predicted molar refractivity (Wildman–Crippen MR) is 225 cm³/mol. The highest BCUT2D eigenvalue weighted by molar-refractivity contribution is 5.69. The third-order valence-electron chi connectivity index (χ3n) is 10.7. The Hall–Kier alpha value is -1.34. The Morgan fingerprint density at radius 3 is 1.40 bits per heavy atom. The molecule has 316 valence electrons. The normalized spacial score (nSPS) is 12.1. The first-order chi connectivity index (χ1) is 26.0. The number of hydrogen-bond donors (Lipinski definition) is 1. The molecular weight excluding hydrogens is 663 g/mol. The number of ether oxygens (including phenoxy) is 3. The lowest BCUT2D eigenvalue weighted by atomic mass is 10.0. The molecule has 1 unspecified atom stereocenters. The van der Waals surface area contributed by atoms with Crippen molar-refractivity contribution in [1.29, 1.82) is 0 Å². The minimum Gasteiger partial charge on any atom is -0.462 e. The zero-order valence-electron chi connectivity index (χ0n) is 36.0. The molecule has 0 saturated carbocycles. The monoisotopic (exact) mass is 754 g/mol. The van der Waals surface area contributed by atoms with Gasteiger partial charge in [0.15, 0.2) is 0 Å². The summed E-state index contributed by atoms with van der Waals surface area (Å²) in [5.41, 5.74) is 0. The molecule has 0 aromatic rings. The van der Waals surface area contributed by atoms with Gasteiger partial charge in [0.1, 0.15) is 12.2 Å². The Morgan fingerprint density at radius 1 is 0.491 bits per heavy atom. The quantitative estimate of drug-likeness (QED) is 0.0491. The van der Waals surface area contributed by atoms with Crippen LogP contribution < -0.4 is 0 Å². The summed E-state index contributed by atoms with van der Waals surface area (Å²) in [6.07, 6.45) is 38.1. The molecule has 0 bridgehead atoms. The fourth-order valence-corrected chi connectivity index (χ4v) is 7.19. The Kier molecular flexibility index (Phi) is 40.8. The van der Waals surface area contributed by atoms with Gasteiger partial charge in [-0.2, -0.15) is 0 Å². The van der Waals surface area contributed by atoms with E-state index in [1.54, 1.807) is 0 Å². The minimum absolute atomic E-state index is 0.00604. The van der Waals surface area contributed by atoms with Crippen molar-refractivity contribution in [2.75, 3.05) is 32.8 Å². The molecule has 7 nitrogen and oxygen atoms in total. The van der Waals surface area contributed by atoms with E-state index in [1.165, 1.54) is 122 Å². The maximum absolute atomic E-state index is 12.7. The van der Waals surface area contributed by atoms with Gasteiger partial charge in [-0.3, -0.25) is 4.79 Å². The van der Waals surface area contributed by atoms with E-state index in [-0.39, 0.29) is 24.8 Å². The van der Waals surface area contributed by atoms with Crippen molar-refractivity contribution in [3.05, 3.63) is 0 Å². The van der Waals surface area contributed by atoms with Gasteiger partial charge in [-0.15, -0.1) is 0 Å². The number of carbonyl (C=O) groups is 2. The summed E-state index contributed by atoms with van der Waals surface area (Å²) in [4.78, 5) is 27.1. The molecule has 7 heteroatoms. The largest absolute Gasteiger partial charge is 0.508 e. The molecule has 1 N–H and O–H groups in total. The Labute approximate surface area is 329 Å². The van der Waals surface area contributed by atoms with Crippen molar-refractivity contribution in [2.45, 2.75) is 252 Å². The van der Waals surface area contributed by atoms with Crippen LogP contribution >= 0.6 is 0 Å². The average molecular weight is 754 g/mol. The summed E-state index contributed by atoms with van der Waals surface area (Å²) in [7, 11) is 0. The highest BCUT2D eigenvalue weighted by Crippen LogP contribution is 2.19. The van der Waals surface area contributed by atoms with Crippen molar-refractivity contribution in [3.8, 4) is 0 Å². The number of esters is 1. The summed E-state index contributed by atoms with van der Waals surface area (Å²) in [5, 5.41) is 9.56. The third-order valence-corrected chi connectivity index (χ3v) is 10.7. The molecule has 0 fully saturated rings. The van der Waals surface area contributed by atoms with Gasteiger partial charge in [0.25, 0.3) is 0 Å². The van der Waals surface area contributed by atoms with Crippen molar-refractivity contribution < 1.29 is 28.9 Å². The molecule has 0 heterocycles. The topological polar surface area (TPSA) is 85.3 Å². The molecule has 0 aliphatic heterocycles. The van der Waals surface area contributed by atoms with E-state index in [2.05, 4.69) is 25.7 Å². The predicted octanol–water partition coefficient (Wildman–Crippen LogP) is 13.7. The maximum atomic E-state index is 12.7. The number of carbonyl (C=O) groups excluding carboxylic acids is 2. The van der Waals surface area contributed by atoms with E-state index in [9.17, 15) is 14.7 Å². The van der Waals surface area contributed by atoms with Crippen molar-refractivity contribution in [3.63, 3.8) is 0 Å². The molecule has 0 aromatic heterocycles. The lowest BCUT2D eigenvalue weighted by molar-refractivity contribution is -0.150. The van der Waals surface area contributed by atoms with E-state index < -0.39 is 6.16 Å². The molecule has 0 rings (SSSR count). The van der Waals surface area contributed by atoms with Crippen molar-refractivity contribution in [1.82, 2.24) is 4.90 Å². The van der Waals surface area contributed by atoms with Crippen LogP contribution in [0.4, 0.5) is 4.79 Å². The highest BCUT2D eigenvalue weighted by atomic mass is 16.7. The lowest BCUT2D eigenvalue weighted by Gasteiger charge is -2.21. The number of unbranched alkanes of at least 4 members (excludes halogenated alkanes) is 24. The van der Waals surface area contributed by atoms with Crippen LogP contribution in [0.1, 0.15) is 240 Å². The summed E-state index contributed by atoms with van der Waals surface area (Å²) in [5.74, 6) is 0.00604. The maximum Gasteiger partial charge on any atom is 0.508 e. The van der Waals surface area contributed by atoms with E-state index in [4.69, 9.17) is 14.2 Å². The lowest BCUT2D eigenvalue weighted by Crippen LogP contribution is -2.29. The van der Waals surface area contributed by atoms with E-state index in [0.29, 0.717) is 13.0 Å². The third kappa shape index (κ3) is 38.7. The first kappa shape index (κ1) is 51.7. The van der Waals surface area contributed by atoms with Gasteiger partial charge >= 0.3 is 12.1 Å². The van der Waals surface area contributed by atoms with Crippen LogP contribution in [0.5, 0.6) is 0 Å². The van der Waals surface area contributed by atoms with Crippen LogP contribution in [-0.2, 0) is 19.0 Å². The molecule has 0 aliphatic rings. The summed E-state index contributed by atoms with van der Waals surface area (Å²) < 4.78 is 16.7. The van der Waals surface area contributed by atoms with Gasteiger partial charge < -0.3 is 24.2 Å². The van der Waals surface area contributed by atoms with Crippen LogP contribution in [0, 0.1) is 0 Å². The van der Waals surface area contributed by atoms with Gasteiger partial charge in [0.2, 0.25) is 0 Å². The van der Waals surface area contributed by atoms with Gasteiger partial charge in [-0.05, 0) is 84.2 Å². The van der Waals surface area contributed by atoms with Gasteiger partial charge in [-0.25, -0.2) is 4.79 Å². The van der Waals surface area contributed by atoms with Gasteiger partial charge in [-0.1, -0.05) is 162 Å². The van der Waals surface area contributed by atoms with Crippen LogP contribution in [-0.4, -0.2) is 67.2 Å². The Bertz CT molecular complexity index is 748. The second kappa shape index (κ2) is 41.8. The molecule has 0 aliphatic carbocycles. The number of aliphatic hydroxyl groups is 1. The van der Waals surface area contributed by atoms with E-state index >= 15 is 0 Å². The Balaban J connectivity index is 3.97. The summed E-state index contributed by atoms with van der Waals surface area (Å²) >= 11 is 0. The molecule has 0 aromatic carbocycles. The molecule has 53 heavy (non-hydrogen) atoms. The van der Waals surface area contributed by atoms with Crippen LogP contribution in [0.3, 0.4) is 0 Å². The smallest absolute Gasteiger partial charge is 0.462 e. The molecule has 0 spiro atoms. The van der Waals surface area contributed by atoms with Crippen molar-refractivity contribution in [2.24, 2.45) is 0 Å². The average Bonchev–Trinajstić information content (AvgIpc) is 3.14. The Morgan fingerprint density at radius 2 is 0.906 bits per heavy atom. The van der Waals surface area contributed by atoms with Gasteiger partial charge in [0, 0.05) is 13.0 Å². The zero-order valence-corrected chi connectivity index (χ0v) is 36.0. The van der Waals surface area contributed by atoms with Crippen LogP contribution in [0.25, 0.3) is 0 Å². The number of nitrogens with zero attached hydrogens (tertiary/aromatic N) is 1. The van der Waals surface area contributed by atoms with Crippen molar-refractivity contribution >= 4 is 12.1 Å². The summed E-state index contributed by atoms with van der Waals surface area (Å²) in [6, 6.07) is 0. The fraction of sp³-hybridized carbons (Fsp3) is 0.957. The minimum atomic E-state index is -0.530. The number of rotatable bonds is 42. The second-order valence-electron chi connectivity index (χ2n) is 16.0. The van der Waals surface area contributed by atoms with Crippen LogP contribution in [0.15, 0.2) is 0 Å². The van der Waals surface area contributed by atoms with Crippen LogP contribution in [0.2, 0.25) is 0 Å². The zero-order chi connectivity index (χ0) is 38.9. The number of hydrogen-bond acceptors (Lipinski definition) is 7. The SMILES string of the molecule is CCCCCCCCCCC(C)OC(=O)OCCCCCCN(CCO)CCCCCCCC(=O)OC(CCCCCCCC)CCCCCCCC. The van der Waals surface area contributed by atoms with E-state index in [1.807, 2.05) is 6.92 Å². The molecule has 1 atom stereocenters. The second-order valence-corrected chi connectivity index (χ2v) is 16.0. The standard InChI is InChI=1S/C46H91NO6/c1-5-8-11-14-17-18-20-27-34-43(4)52-46(50)51-42-33-26-25-32-39-47(40-41-48)38-31-24-19-23-30-37-45(49)53-44(35-28-21-15-12-9-6-2)36-29-22-16-13-10-7-3/h43-44,48H,5-42H2,1-4H3. The first-order valence-corrected chi connectivity index (χ1v) is 23.3. The number of aliphatic hydroxyl groups excluding tert-OH is 1. The van der Waals surface area contributed by atoms with E-state index in [0.717, 1.165) is 103 Å². The first-order valence-electron chi connectivity index (χ1n) is 23.3. The fourth-order valence-electron chi connectivity index (χ4n) is 7.19. The molecule has 0 amide bonds. The van der Waals surface area contributed by atoms with Gasteiger partial charge in [0.05, 0.1) is 13.2 Å². The summed E-state index contributed by atoms with van der Waals surface area (Å²) in [6.45, 7) is 12.1. The molecule has 0 radical (unpaired) electrons. The highest BCUT2D eigenvalue weighted by Gasteiger charge is 2.15. The molecular formula is C46H91NO6.